The maximum Gasteiger partial charge on any atom is -0.00971 e. The number of benzene rings is 1. The molecule has 1 aromatic carbocycles. The summed E-state index contributed by atoms with van der Waals surface area (Å²) < 4.78 is 0. The van der Waals surface area contributed by atoms with Crippen molar-refractivity contribution >= 4 is 0 Å². The highest BCUT2D eigenvalue weighted by Gasteiger charge is 2.60. The van der Waals surface area contributed by atoms with Crippen LogP contribution in [0.2, 0.25) is 0 Å². The van der Waals surface area contributed by atoms with Crippen LogP contribution in [0.25, 0.3) is 0 Å². The number of aryl methyl sites for hydroxylation is 1. The van der Waals surface area contributed by atoms with Crippen LogP contribution in [0.4, 0.5) is 0 Å². The van der Waals surface area contributed by atoms with Crippen LogP contribution < -0.4 is 0 Å². The Morgan fingerprint density at radius 1 is 0.857 bits per heavy atom. The predicted octanol–water partition coefficient (Wildman–Crippen LogP) is 5.81. The highest BCUT2D eigenvalue weighted by atomic mass is 14.6. The molecule has 3 aliphatic carbocycles. The lowest BCUT2D eigenvalue weighted by Gasteiger charge is -2.36. The SMILES string of the molecule is Cc1ccc(C2C(C3CCC(C)CC3)CC3C(C)C32)cc1. The minimum atomic E-state index is 0.879. The highest BCUT2D eigenvalue weighted by Crippen LogP contribution is 2.68. The molecule has 0 radical (unpaired) electrons. The summed E-state index contributed by atoms with van der Waals surface area (Å²) in [4.78, 5) is 0. The standard InChI is InChI=1S/C21H30/c1-13-4-8-16(9-5-13)19-12-18-15(3)20(18)21(19)17-10-6-14(2)7-11-17/h6-7,10-11,13,15-16,18-21H,4-5,8-9,12H2,1-3H3. The van der Waals surface area contributed by atoms with Gasteiger partial charge in [-0.1, -0.05) is 56.5 Å². The molecule has 3 saturated carbocycles. The highest BCUT2D eigenvalue weighted by molar-refractivity contribution is 5.30. The molecule has 0 heteroatoms. The Balaban J connectivity index is 1.57. The van der Waals surface area contributed by atoms with Crippen LogP contribution in [0.15, 0.2) is 24.3 Å². The molecular weight excluding hydrogens is 252 g/mol. The zero-order valence-corrected chi connectivity index (χ0v) is 13.9. The van der Waals surface area contributed by atoms with Crippen molar-refractivity contribution in [1.29, 1.82) is 0 Å². The first-order valence-corrected chi connectivity index (χ1v) is 9.21. The average Bonchev–Trinajstić information content (AvgIpc) is 2.95. The van der Waals surface area contributed by atoms with E-state index >= 15 is 0 Å². The smallest absolute Gasteiger partial charge is 0.00971 e. The summed E-state index contributed by atoms with van der Waals surface area (Å²) in [5.74, 6) is 6.93. The summed E-state index contributed by atoms with van der Waals surface area (Å²) >= 11 is 0. The van der Waals surface area contributed by atoms with Gasteiger partial charge in [0.25, 0.3) is 0 Å². The van der Waals surface area contributed by atoms with Gasteiger partial charge in [-0.25, -0.2) is 0 Å². The number of fused-ring (bicyclic) bond motifs is 1. The first kappa shape index (κ1) is 13.9. The summed E-state index contributed by atoms with van der Waals surface area (Å²) in [6.07, 6.45) is 7.49. The Labute approximate surface area is 130 Å². The molecule has 3 fully saturated rings. The van der Waals surface area contributed by atoms with Gasteiger partial charge in [0.05, 0.1) is 0 Å². The number of rotatable bonds is 2. The molecule has 0 aliphatic heterocycles. The molecule has 0 heterocycles. The van der Waals surface area contributed by atoms with Crippen LogP contribution in [-0.4, -0.2) is 0 Å². The van der Waals surface area contributed by atoms with E-state index in [9.17, 15) is 0 Å². The van der Waals surface area contributed by atoms with Gasteiger partial charge >= 0.3 is 0 Å². The fraction of sp³-hybridized carbons (Fsp3) is 0.714. The van der Waals surface area contributed by atoms with E-state index in [-0.39, 0.29) is 0 Å². The quantitative estimate of drug-likeness (QED) is 0.642. The topological polar surface area (TPSA) is 0 Å². The average molecular weight is 282 g/mol. The summed E-state index contributed by atoms with van der Waals surface area (Å²) in [5.41, 5.74) is 3.06. The summed E-state index contributed by atoms with van der Waals surface area (Å²) in [6, 6.07) is 9.53. The van der Waals surface area contributed by atoms with Crippen molar-refractivity contribution < 1.29 is 0 Å². The van der Waals surface area contributed by atoms with Gasteiger partial charge in [-0.3, -0.25) is 0 Å². The van der Waals surface area contributed by atoms with Crippen LogP contribution in [0.5, 0.6) is 0 Å². The second kappa shape index (κ2) is 5.14. The molecular formula is C21H30. The van der Waals surface area contributed by atoms with E-state index in [4.69, 9.17) is 0 Å². The maximum absolute atomic E-state index is 2.50. The zero-order valence-electron chi connectivity index (χ0n) is 13.9. The van der Waals surface area contributed by atoms with E-state index < -0.39 is 0 Å². The van der Waals surface area contributed by atoms with Crippen molar-refractivity contribution in [3.63, 3.8) is 0 Å². The molecule has 0 N–H and O–H groups in total. The van der Waals surface area contributed by atoms with E-state index in [1.54, 1.807) is 5.56 Å². The van der Waals surface area contributed by atoms with Crippen LogP contribution >= 0.6 is 0 Å². The molecule has 3 aliphatic rings. The molecule has 0 saturated heterocycles. The molecule has 0 amide bonds. The third-order valence-electron chi connectivity index (χ3n) is 7.18. The fourth-order valence-electron chi connectivity index (χ4n) is 5.75. The largest absolute Gasteiger partial charge is 0.0625 e. The number of hydrogen-bond donors (Lipinski definition) is 0. The second-order valence-electron chi connectivity index (χ2n) is 8.46. The molecule has 0 spiro atoms. The van der Waals surface area contributed by atoms with Gasteiger partial charge in [0, 0.05) is 0 Å². The van der Waals surface area contributed by atoms with Crippen molar-refractivity contribution in [3.05, 3.63) is 35.4 Å². The third kappa shape index (κ3) is 2.35. The minimum absolute atomic E-state index is 0.879. The van der Waals surface area contributed by atoms with Gasteiger partial charge in [-0.15, -0.1) is 0 Å². The van der Waals surface area contributed by atoms with E-state index in [0.29, 0.717) is 0 Å². The van der Waals surface area contributed by atoms with E-state index in [1.165, 1.54) is 37.7 Å². The monoisotopic (exact) mass is 282 g/mol. The molecule has 4 rings (SSSR count). The van der Waals surface area contributed by atoms with E-state index in [1.807, 2.05) is 0 Å². The Hall–Kier alpha value is -0.780. The van der Waals surface area contributed by atoms with Gasteiger partial charge in [0.1, 0.15) is 0 Å². The Morgan fingerprint density at radius 2 is 1.52 bits per heavy atom. The van der Waals surface area contributed by atoms with Crippen molar-refractivity contribution in [2.75, 3.05) is 0 Å². The van der Waals surface area contributed by atoms with Gasteiger partial charge in [-0.05, 0) is 73.2 Å². The Bertz CT molecular complexity index is 491. The van der Waals surface area contributed by atoms with Gasteiger partial charge < -0.3 is 0 Å². The van der Waals surface area contributed by atoms with Crippen LogP contribution in [0.1, 0.15) is 63.0 Å². The third-order valence-corrected chi connectivity index (χ3v) is 7.18. The molecule has 114 valence electrons. The van der Waals surface area contributed by atoms with Crippen molar-refractivity contribution in [3.8, 4) is 0 Å². The molecule has 5 atom stereocenters. The Kier molecular flexibility index (Phi) is 3.39. The van der Waals surface area contributed by atoms with Crippen LogP contribution in [-0.2, 0) is 0 Å². The van der Waals surface area contributed by atoms with Crippen molar-refractivity contribution in [2.45, 2.75) is 58.8 Å². The molecule has 21 heavy (non-hydrogen) atoms. The van der Waals surface area contributed by atoms with Gasteiger partial charge in [0.15, 0.2) is 0 Å². The normalized spacial score (nSPS) is 45.4. The van der Waals surface area contributed by atoms with Crippen molar-refractivity contribution in [1.82, 2.24) is 0 Å². The van der Waals surface area contributed by atoms with Gasteiger partial charge in [0.2, 0.25) is 0 Å². The van der Waals surface area contributed by atoms with Crippen molar-refractivity contribution in [2.24, 2.45) is 35.5 Å². The first-order valence-electron chi connectivity index (χ1n) is 9.21. The minimum Gasteiger partial charge on any atom is -0.0625 e. The lowest BCUT2D eigenvalue weighted by atomic mass is 9.69. The zero-order chi connectivity index (χ0) is 14.6. The van der Waals surface area contributed by atoms with Gasteiger partial charge in [-0.2, -0.15) is 0 Å². The fourth-order valence-corrected chi connectivity index (χ4v) is 5.75. The summed E-state index contributed by atoms with van der Waals surface area (Å²) in [7, 11) is 0. The molecule has 0 nitrogen and oxygen atoms in total. The molecule has 0 aromatic heterocycles. The van der Waals surface area contributed by atoms with E-state index in [2.05, 4.69) is 45.0 Å². The lowest BCUT2D eigenvalue weighted by Crippen LogP contribution is -2.25. The summed E-state index contributed by atoms with van der Waals surface area (Å²) in [5, 5.41) is 0. The van der Waals surface area contributed by atoms with E-state index in [0.717, 1.165) is 41.4 Å². The lowest BCUT2D eigenvalue weighted by molar-refractivity contribution is 0.182. The number of hydrogen-bond acceptors (Lipinski definition) is 0. The first-order chi connectivity index (χ1) is 10.1. The molecule has 1 aromatic rings. The predicted molar refractivity (Wildman–Crippen MR) is 89.3 cm³/mol. The molecule has 0 bridgehead atoms. The molecule has 5 unspecified atom stereocenters. The van der Waals surface area contributed by atoms with Crippen LogP contribution in [0, 0.1) is 42.4 Å². The summed E-state index contributed by atoms with van der Waals surface area (Å²) in [6.45, 7) is 7.15. The maximum atomic E-state index is 2.50. The Morgan fingerprint density at radius 3 is 2.19 bits per heavy atom. The van der Waals surface area contributed by atoms with Crippen LogP contribution in [0.3, 0.4) is 0 Å². The second-order valence-corrected chi connectivity index (χ2v) is 8.46.